The Kier molecular flexibility index (Phi) is 5.82. The average Bonchev–Trinajstić information content (AvgIpc) is 3.08. The summed E-state index contributed by atoms with van der Waals surface area (Å²) in [6.07, 6.45) is -0.582. The molecule has 0 saturated carbocycles. The Morgan fingerprint density at radius 3 is 2.52 bits per heavy atom. The Bertz CT molecular complexity index is 833. The van der Waals surface area contributed by atoms with Crippen molar-refractivity contribution in [2.24, 2.45) is 0 Å². The van der Waals surface area contributed by atoms with Crippen molar-refractivity contribution >= 4 is 23.2 Å². The van der Waals surface area contributed by atoms with Crippen LogP contribution in [0.15, 0.2) is 65.1 Å². The zero-order valence-corrected chi connectivity index (χ0v) is 15.3. The summed E-state index contributed by atoms with van der Waals surface area (Å²) in [6, 6.07) is 18.6. The van der Waals surface area contributed by atoms with Gasteiger partial charge in [0.15, 0.2) is 0 Å². The molecule has 1 aromatic heterocycles. The Hall–Kier alpha value is -1.78. The second-order valence-electron chi connectivity index (χ2n) is 5.92. The quantitative estimate of drug-likeness (QED) is 0.600. The number of nitrogens with one attached hydrogen (secondary N) is 1. The summed E-state index contributed by atoms with van der Waals surface area (Å²) in [6.45, 7) is 2.45. The summed E-state index contributed by atoms with van der Waals surface area (Å²) in [5.41, 5.74) is 1.69. The minimum Gasteiger partial charge on any atom is -0.460 e. The lowest BCUT2D eigenvalue weighted by atomic mass is 10.0. The predicted molar refractivity (Wildman–Crippen MR) is 102 cm³/mol. The number of aliphatic hydroxyl groups is 1. The lowest BCUT2D eigenvalue weighted by Gasteiger charge is -2.20. The first kappa shape index (κ1) is 18.0. The molecule has 0 aliphatic rings. The topological polar surface area (TPSA) is 45.4 Å². The lowest BCUT2D eigenvalue weighted by molar-refractivity contribution is 0.134. The normalized spacial score (nSPS) is 13.6. The molecule has 130 valence electrons. The number of hydrogen-bond donors (Lipinski definition) is 2. The standard InChI is InChI=1S/C20H19Cl2NO2/c1-13(20(24)14-5-3-2-4-6-14)23-12-16-8-10-19(25-16)17-9-7-15(21)11-18(17)22/h2-11,13,20,23-24H,12H2,1H3/t13-,20-/m0/s1. The van der Waals surface area contributed by atoms with Gasteiger partial charge >= 0.3 is 0 Å². The SMILES string of the molecule is C[C@H](NCc1ccc(-c2ccc(Cl)cc2Cl)o1)[C@H](O)c1ccccc1. The second kappa shape index (κ2) is 8.07. The Morgan fingerprint density at radius 2 is 1.80 bits per heavy atom. The molecule has 2 N–H and O–H groups in total. The van der Waals surface area contributed by atoms with Gasteiger partial charge in [0.25, 0.3) is 0 Å². The molecule has 0 fully saturated rings. The average molecular weight is 376 g/mol. The highest BCUT2D eigenvalue weighted by atomic mass is 35.5. The molecule has 3 rings (SSSR count). The lowest BCUT2D eigenvalue weighted by Crippen LogP contribution is -2.31. The van der Waals surface area contributed by atoms with Crippen molar-refractivity contribution in [3.05, 3.63) is 82.0 Å². The van der Waals surface area contributed by atoms with Gasteiger partial charge in [0.1, 0.15) is 11.5 Å². The summed E-state index contributed by atoms with van der Waals surface area (Å²) in [7, 11) is 0. The maximum Gasteiger partial charge on any atom is 0.135 e. The van der Waals surface area contributed by atoms with Gasteiger partial charge in [0, 0.05) is 16.6 Å². The van der Waals surface area contributed by atoms with Crippen molar-refractivity contribution in [1.82, 2.24) is 5.32 Å². The maximum atomic E-state index is 10.4. The van der Waals surface area contributed by atoms with Crippen LogP contribution in [0.25, 0.3) is 11.3 Å². The molecule has 0 saturated heterocycles. The number of halogens is 2. The van der Waals surface area contributed by atoms with Gasteiger partial charge in [-0.15, -0.1) is 0 Å². The fourth-order valence-corrected chi connectivity index (χ4v) is 3.12. The molecule has 2 atom stereocenters. The number of rotatable bonds is 6. The highest BCUT2D eigenvalue weighted by Crippen LogP contribution is 2.31. The monoisotopic (exact) mass is 375 g/mol. The van der Waals surface area contributed by atoms with Crippen molar-refractivity contribution in [2.75, 3.05) is 0 Å². The van der Waals surface area contributed by atoms with Crippen LogP contribution < -0.4 is 5.32 Å². The van der Waals surface area contributed by atoms with E-state index in [9.17, 15) is 5.11 Å². The van der Waals surface area contributed by atoms with E-state index in [0.29, 0.717) is 22.4 Å². The fraction of sp³-hybridized carbons (Fsp3) is 0.200. The summed E-state index contributed by atoms with van der Waals surface area (Å²) in [4.78, 5) is 0. The van der Waals surface area contributed by atoms with Crippen molar-refractivity contribution in [1.29, 1.82) is 0 Å². The first-order chi connectivity index (χ1) is 12.0. The molecule has 2 aromatic carbocycles. The van der Waals surface area contributed by atoms with Crippen molar-refractivity contribution < 1.29 is 9.52 Å². The second-order valence-corrected chi connectivity index (χ2v) is 6.76. The number of hydrogen-bond acceptors (Lipinski definition) is 3. The first-order valence-corrected chi connectivity index (χ1v) is 8.80. The van der Waals surface area contributed by atoms with E-state index >= 15 is 0 Å². The minimum atomic E-state index is -0.582. The molecule has 1 heterocycles. The Morgan fingerprint density at radius 1 is 1.04 bits per heavy atom. The van der Waals surface area contributed by atoms with Crippen LogP contribution in [0.3, 0.4) is 0 Å². The maximum absolute atomic E-state index is 10.4. The minimum absolute atomic E-state index is 0.116. The molecule has 0 bridgehead atoms. The highest BCUT2D eigenvalue weighted by Gasteiger charge is 2.16. The van der Waals surface area contributed by atoms with Gasteiger partial charge in [0.2, 0.25) is 0 Å². The molecule has 0 amide bonds. The smallest absolute Gasteiger partial charge is 0.135 e. The largest absolute Gasteiger partial charge is 0.460 e. The Labute approximate surface area is 157 Å². The summed E-state index contributed by atoms with van der Waals surface area (Å²) in [5, 5.41) is 14.8. The van der Waals surface area contributed by atoms with E-state index in [-0.39, 0.29) is 6.04 Å². The van der Waals surface area contributed by atoms with E-state index < -0.39 is 6.10 Å². The molecule has 0 aliphatic carbocycles. The summed E-state index contributed by atoms with van der Waals surface area (Å²) in [5.74, 6) is 1.46. The van der Waals surface area contributed by atoms with Gasteiger partial charge in [0.05, 0.1) is 17.7 Å². The molecular formula is C20H19Cl2NO2. The van der Waals surface area contributed by atoms with Crippen molar-refractivity contribution in [3.63, 3.8) is 0 Å². The van der Waals surface area contributed by atoms with Gasteiger partial charge in [-0.25, -0.2) is 0 Å². The molecule has 0 spiro atoms. The molecule has 0 unspecified atom stereocenters. The van der Waals surface area contributed by atoms with Gasteiger partial charge in [-0.05, 0) is 42.8 Å². The van der Waals surface area contributed by atoms with Gasteiger partial charge in [-0.2, -0.15) is 0 Å². The predicted octanol–water partition coefficient (Wildman–Crippen LogP) is 5.47. The van der Waals surface area contributed by atoms with E-state index in [0.717, 1.165) is 16.9 Å². The van der Waals surface area contributed by atoms with Gasteiger partial charge < -0.3 is 14.8 Å². The van der Waals surface area contributed by atoms with Crippen LogP contribution in [0.4, 0.5) is 0 Å². The van der Waals surface area contributed by atoms with E-state index in [4.69, 9.17) is 27.6 Å². The number of aliphatic hydroxyl groups excluding tert-OH is 1. The van der Waals surface area contributed by atoms with Crippen molar-refractivity contribution in [2.45, 2.75) is 25.6 Å². The zero-order valence-electron chi connectivity index (χ0n) is 13.7. The summed E-state index contributed by atoms with van der Waals surface area (Å²) >= 11 is 12.1. The third-order valence-corrected chi connectivity index (χ3v) is 4.62. The van der Waals surface area contributed by atoms with Gasteiger partial charge in [-0.3, -0.25) is 0 Å². The van der Waals surface area contributed by atoms with E-state index in [2.05, 4.69) is 5.32 Å². The van der Waals surface area contributed by atoms with Crippen molar-refractivity contribution in [3.8, 4) is 11.3 Å². The molecule has 3 nitrogen and oxygen atoms in total. The first-order valence-electron chi connectivity index (χ1n) is 8.05. The molecule has 25 heavy (non-hydrogen) atoms. The van der Waals surface area contributed by atoms with E-state index in [1.165, 1.54) is 0 Å². The van der Waals surface area contributed by atoms with Gasteiger partial charge in [-0.1, -0.05) is 53.5 Å². The summed E-state index contributed by atoms with van der Waals surface area (Å²) < 4.78 is 5.85. The van der Waals surface area contributed by atoms with Crippen LogP contribution in [0.5, 0.6) is 0 Å². The zero-order chi connectivity index (χ0) is 17.8. The molecule has 0 radical (unpaired) electrons. The fourth-order valence-electron chi connectivity index (χ4n) is 2.62. The van der Waals surface area contributed by atoms with E-state index in [1.807, 2.05) is 55.5 Å². The third-order valence-electron chi connectivity index (χ3n) is 4.07. The molecule has 0 aliphatic heterocycles. The third kappa shape index (κ3) is 4.44. The highest BCUT2D eigenvalue weighted by molar-refractivity contribution is 6.36. The van der Waals surface area contributed by atoms with Crippen LogP contribution >= 0.6 is 23.2 Å². The number of furan rings is 1. The van der Waals surface area contributed by atoms with Crippen LogP contribution in [-0.4, -0.2) is 11.1 Å². The number of benzene rings is 2. The van der Waals surface area contributed by atoms with Crippen LogP contribution in [-0.2, 0) is 6.54 Å². The Balaban J connectivity index is 1.64. The van der Waals surface area contributed by atoms with Crippen LogP contribution in [0.1, 0.15) is 24.4 Å². The van der Waals surface area contributed by atoms with E-state index in [1.54, 1.807) is 12.1 Å². The molecular weight excluding hydrogens is 357 g/mol. The molecule has 3 aromatic rings. The van der Waals surface area contributed by atoms with Crippen LogP contribution in [0.2, 0.25) is 10.0 Å². The molecule has 5 heteroatoms. The van der Waals surface area contributed by atoms with Crippen LogP contribution in [0, 0.1) is 0 Å².